The Balaban J connectivity index is 2.28. The Kier molecular flexibility index (Phi) is 4.13. The SMILES string of the molecule is CN(Cc1cccnc1)C(=O)c1cccc(N)c1[N+](=O)[O-]. The van der Waals surface area contributed by atoms with Gasteiger partial charge in [-0.2, -0.15) is 0 Å². The number of nitrogens with two attached hydrogens (primary N) is 1. The van der Waals surface area contributed by atoms with Crippen LogP contribution >= 0.6 is 0 Å². The van der Waals surface area contributed by atoms with Crippen molar-refractivity contribution in [1.29, 1.82) is 0 Å². The molecule has 108 valence electrons. The minimum absolute atomic E-state index is 0.0219. The van der Waals surface area contributed by atoms with Crippen LogP contribution in [0.1, 0.15) is 15.9 Å². The van der Waals surface area contributed by atoms with Gasteiger partial charge in [0.15, 0.2) is 0 Å². The summed E-state index contributed by atoms with van der Waals surface area (Å²) in [6, 6.07) is 7.90. The highest BCUT2D eigenvalue weighted by Crippen LogP contribution is 2.27. The third kappa shape index (κ3) is 3.14. The number of aromatic nitrogens is 1. The number of pyridine rings is 1. The number of amides is 1. The Morgan fingerprint density at radius 1 is 1.38 bits per heavy atom. The molecule has 1 aromatic heterocycles. The quantitative estimate of drug-likeness (QED) is 0.525. The number of nitrogens with zero attached hydrogens (tertiary/aromatic N) is 3. The molecule has 21 heavy (non-hydrogen) atoms. The first-order valence-corrected chi connectivity index (χ1v) is 6.18. The second kappa shape index (κ2) is 6.00. The predicted molar refractivity (Wildman–Crippen MR) is 77.5 cm³/mol. The lowest BCUT2D eigenvalue weighted by Crippen LogP contribution is -2.27. The summed E-state index contributed by atoms with van der Waals surface area (Å²) >= 11 is 0. The highest BCUT2D eigenvalue weighted by Gasteiger charge is 2.25. The van der Waals surface area contributed by atoms with Crippen molar-refractivity contribution >= 4 is 17.3 Å². The lowest BCUT2D eigenvalue weighted by Gasteiger charge is -2.17. The molecule has 0 fully saturated rings. The van der Waals surface area contributed by atoms with Crippen LogP contribution in [0.4, 0.5) is 11.4 Å². The first-order valence-electron chi connectivity index (χ1n) is 6.18. The highest BCUT2D eigenvalue weighted by molar-refractivity contribution is 6.00. The predicted octanol–water partition coefficient (Wildman–Crippen LogP) is 1.84. The summed E-state index contributed by atoms with van der Waals surface area (Å²) in [6.07, 6.45) is 3.27. The number of carbonyl (C=O) groups excluding carboxylic acids is 1. The van der Waals surface area contributed by atoms with Crippen LogP contribution in [0.3, 0.4) is 0 Å². The molecule has 2 rings (SSSR count). The topological polar surface area (TPSA) is 102 Å². The largest absolute Gasteiger partial charge is 0.393 e. The molecule has 0 radical (unpaired) electrons. The first-order chi connectivity index (χ1) is 10.0. The fraction of sp³-hybridized carbons (Fsp3) is 0.143. The summed E-state index contributed by atoms with van der Waals surface area (Å²) < 4.78 is 0. The fourth-order valence-electron chi connectivity index (χ4n) is 1.98. The van der Waals surface area contributed by atoms with Crippen molar-refractivity contribution in [3.05, 3.63) is 64.0 Å². The van der Waals surface area contributed by atoms with Crippen molar-refractivity contribution in [2.75, 3.05) is 12.8 Å². The van der Waals surface area contributed by atoms with Gasteiger partial charge in [-0.15, -0.1) is 0 Å². The molecule has 0 saturated heterocycles. The molecule has 0 saturated carbocycles. The summed E-state index contributed by atoms with van der Waals surface area (Å²) in [5.41, 5.74) is 6.01. The van der Waals surface area contributed by atoms with Crippen molar-refractivity contribution in [2.24, 2.45) is 0 Å². The zero-order chi connectivity index (χ0) is 15.4. The van der Waals surface area contributed by atoms with Gasteiger partial charge >= 0.3 is 5.69 Å². The average molecular weight is 286 g/mol. The van der Waals surface area contributed by atoms with Crippen molar-refractivity contribution in [3.63, 3.8) is 0 Å². The third-order valence-corrected chi connectivity index (χ3v) is 2.97. The zero-order valence-electron chi connectivity index (χ0n) is 11.4. The Labute approximate surface area is 121 Å². The number of carbonyl (C=O) groups is 1. The maximum Gasteiger partial charge on any atom is 0.304 e. The van der Waals surface area contributed by atoms with Crippen LogP contribution < -0.4 is 5.73 Å². The van der Waals surface area contributed by atoms with Crippen molar-refractivity contribution < 1.29 is 9.72 Å². The van der Waals surface area contributed by atoms with Crippen LogP contribution in [0, 0.1) is 10.1 Å². The van der Waals surface area contributed by atoms with Crippen molar-refractivity contribution in [2.45, 2.75) is 6.54 Å². The molecule has 0 aliphatic carbocycles. The normalized spacial score (nSPS) is 10.1. The van der Waals surface area contributed by atoms with E-state index in [1.165, 1.54) is 23.1 Å². The van der Waals surface area contributed by atoms with Gasteiger partial charge in [-0.1, -0.05) is 12.1 Å². The molecule has 1 amide bonds. The van der Waals surface area contributed by atoms with E-state index in [2.05, 4.69) is 4.98 Å². The third-order valence-electron chi connectivity index (χ3n) is 2.97. The molecule has 2 aromatic rings. The van der Waals surface area contributed by atoms with E-state index >= 15 is 0 Å². The fourth-order valence-corrected chi connectivity index (χ4v) is 1.98. The smallest absolute Gasteiger partial charge is 0.304 e. The standard InChI is InChI=1S/C14H14N4O3/c1-17(9-10-4-3-7-16-8-10)14(19)11-5-2-6-12(15)13(11)18(20)21/h2-8H,9,15H2,1H3. The molecule has 0 spiro atoms. The van der Waals surface area contributed by atoms with Crippen LogP contribution in [0.15, 0.2) is 42.7 Å². The summed E-state index contributed by atoms with van der Waals surface area (Å²) in [5.74, 6) is -0.460. The second-order valence-corrected chi connectivity index (χ2v) is 4.52. The van der Waals surface area contributed by atoms with Gasteiger partial charge in [-0.3, -0.25) is 19.9 Å². The number of nitro benzene ring substituents is 1. The molecule has 2 N–H and O–H groups in total. The van der Waals surface area contributed by atoms with Gasteiger partial charge in [0.05, 0.1) is 4.92 Å². The van der Waals surface area contributed by atoms with Gasteiger partial charge < -0.3 is 10.6 Å². The minimum atomic E-state index is -0.638. The van der Waals surface area contributed by atoms with Crippen LogP contribution in [-0.2, 0) is 6.54 Å². The van der Waals surface area contributed by atoms with Crippen LogP contribution in [-0.4, -0.2) is 27.8 Å². The average Bonchev–Trinajstić information content (AvgIpc) is 2.46. The van der Waals surface area contributed by atoms with Gasteiger partial charge in [0.1, 0.15) is 11.3 Å². The summed E-state index contributed by atoms with van der Waals surface area (Å²) in [5, 5.41) is 11.1. The van der Waals surface area contributed by atoms with Gasteiger partial charge in [-0.25, -0.2) is 0 Å². The number of hydrogen-bond acceptors (Lipinski definition) is 5. The number of para-hydroxylation sites is 1. The molecule has 1 heterocycles. The van der Waals surface area contributed by atoms with Crippen LogP contribution in [0.2, 0.25) is 0 Å². The molecule has 0 bridgehead atoms. The van der Waals surface area contributed by atoms with E-state index < -0.39 is 10.8 Å². The van der Waals surface area contributed by atoms with Crippen molar-refractivity contribution in [3.8, 4) is 0 Å². The first kappa shape index (κ1) is 14.4. The molecule has 0 aliphatic rings. The van der Waals surface area contributed by atoms with Crippen LogP contribution in [0.25, 0.3) is 0 Å². The molecular weight excluding hydrogens is 272 g/mol. The lowest BCUT2D eigenvalue weighted by atomic mass is 10.1. The van der Waals surface area contributed by atoms with E-state index in [1.807, 2.05) is 6.07 Å². The van der Waals surface area contributed by atoms with E-state index in [1.54, 1.807) is 25.5 Å². The zero-order valence-corrected chi connectivity index (χ0v) is 11.4. The number of nitrogen functional groups attached to an aromatic ring is 1. The second-order valence-electron chi connectivity index (χ2n) is 4.52. The molecule has 7 heteroatoms. The number of benzene rings is 1. The molecule has 0 aliphatic heterocycles. The Bertz CT molecular complexity index is 673. The number of rotatable bonds is 4. The molecular formula is C14H14N4O3. The minimum Gasteiger partial charge on any atom is -0.393 e. The maximum atomic E-state index is 12.4. The molecule has 0 unspecified atom stereocenters. The van der Waals surface area contributed by atoms with Crippen LogP contribution in [0.5, 0.6) is 0 Å². The van der Waals surface area contributed by atoms with Gasteiger partial charge in [0, 0.05) is 26.0 Å². The number of nitro groups is 1. The van der Waals surface area contributed by atoms with E-state index in [-0.39, 0.29) is 16.9 Å². The maximum absolute atomic E-state index is 12.4. The summed E-state index contributed by atoms with van der Waals surface area (Å²) in [7, 11) is 1.57. The monoisotopic (exact) mass is 286 g/mol. The number of hydrogen-bond donors (Lipinski definition) is 1. The van der Waals surface area contributed by atoms with E-state index in [0.717, 1.165) is 5.56 Å². The summed E-state index contributed by atoms with van der Waals surface area (Å²) in [6.45, 7) is 0.304. The molecule has 0 atom stereocenters. The van der Waals surface area contributed by atoms with E-state index in [0.29, 0.717) is 6.54 Å². The molecule has 1 aromatic carbocycles. The van der Waals surface area contributed by atoms with E-state index in [9.17, 15) is 14.9 Å². The Hall–Kier alpha value is -2.96. The lowest BCUT2D eigenvalue weighted by molar-refractivity contribution is -0.384. The summed E-state index contributed by atoms with van der Waals surface area (Å²) in [4.78, 5) is 28.2. The number of anilines is 1. The van der Waals surface area contributed by atoms with Crippen molar-refractivity contribution in [1.82, 2.24) is 9.88 Å². The van der Waals surface area contributed by atoms with Gasteiger partial charge in [-0.05, 0) is 23.8 Å². The highest BCUT2D eigenvalue weighted by atomic mass is 16.6. The van der Waals surface area contributed by atoms with E-state index in [4.69, 9.17) is 5.73 Å². The Morgan fingerprint density at radius 3 is 2.76 bits per heavy atom. The Morgan fingerprint density at radius 2 is 2.14 bits per heavy atom. The van der Waals surface area contributed by atoms with Gasteiger partial charge in [0.2, 0.25) is 0 Å². The van der Waals surface area contributed by atoms with Gasteiger partial charge in [0.25, 0.3) is 5.91 Å². The molecule has 7 nitrogen and oxygen atoms in total.